The Labute approximate surface area is 121 Å². The molecule has 2 aliphatic rings. The molecule has 0 saturated carbocycles. The smallest absolute Gasteiger partial charge is 0.150 e. The van der Waals surface area contributed by atoms with Crippen molar-refractivity contribution in [1.82, 2.24) is 0 Å². The van der Waals surface area contributed by atoms with Gasteiger partial charge in [-0.2, -0.15) is 0 Å². The summed E-state index contributed by atoms with van der Waals surface area (Å²) in [6.45, 7) is 4.24. The molecule has 0 radical (unpaired) electrons. The molecule has 0 spiro atoms. The van der Waals surface area contributed by atoms with Gasteiger partial charge < -0.3 is 4.90 Å². The first-order chi connectivity index (χ1) is 9.55. The Kier molecular flexibility index (Phi) is 3.76. The van der Waals surface area contributed by atoms with E-state index in [9.17, 15) is 8.42 Å². The molecular formula is C16H23NO2S. The summed E-state index contributed by atoms with van der Waals surface area (Å²) in [7, 11) is -2.77. The van der Waals surface area contributed by atoms with Gasteiger partial charge in [0, 0.05) is 18.8 Å². The van der Waals surface area contributed by atoms with E-state index < -0.39 is 9.84 Å². The average molecular weight is 293 g/mol. The highest BCUT2D eigenvalue weighted by atomic mass is 32.2. The number of nitrogens with zero attached hydrogens (tertiary/aromatic N) is 1. The molecule has 0 aliphatic carbocycles. The van der Waals surface area contributed by atoms with Gasteiger partial charge in [0.25, 0.3) is 0 Å². The van der Waals surface area contributed by atoms with E-state index in [2.05, 4.69) is 36.1 Å². The Morgan fingerprint density at radius 3 is 2.80 bits per heavy atom. The molecule has 3 rings (SSSR count). The molecule has 2 heterocycles. The van der Waals surface area contributed by atoms with Crippen molar-refractivity contribution in [3.63, 3.8) is 0 Å². The molecule has 0 aromatic heterocycles. The van der Waals surface area contributed by atoms with Crippen LogP contribution in [0.5, 0.6) is 0 Å². The average Bonchev–Trinajstić information content (AvgIpc) is 2.68. The van der Waals surface area contributed by atoms with Crippen LogP contribution < -0.4 is 4.90 Å². The molecule has 1 aromatic carbocycles. The van der Waals surface area contributed by atoms with Crippen LogP contribution in [0.2, 0.25) is 0 Å². The van der Waals surface area contributed by atoms with Crippen molar-refractivity contribution >= 4 is 15.5 Å². The molecule has 4 heteroatoms. The van der Waals surface area contributed by atoms with Gasteiger partial charge in [-0.1, -0.05) is 25.1 Å². The standard InChI is InChI=1S/C16H23NO2S/c1-13-5-4-9-17(16-7-3-2-6-15(13)16)11-14-8-10-20(18,19)12-14/h2-3,6-7,13-14H,4-5,8-12H2,1H3/t13-,14-/m0/s1. The first-order valence-electron chi connectivity index (χ1n) is 7.59. The number of benzene rings is 1. The van der Waals surface area contributed by atoms with Crippen LogP contribution in [-0.2, 0) is 9.84 Å². The topological polar surface area (TPSA) is 37.4 Å². The van der Waals surface area contributed by atoms with Crippen LogP contribution in [-0.4, -0.2) is 33.0 Å². The molecule has 0 unspecified atom stereocenters. The number of fused-ring (bicyclic) bond motifs is 1. The highest BCUT2D eigenvalue weighted by Crippen LogP contribution is 2.35. The summed E-state index contributed by atoms with van der Waals surface area (Å²) < 4.78 is 23.3. The molecule has 0 bridgehead atoms. The van der Waals surface area contributed by atoms with Gasteiger partial charge in [0.2, 0.25) is 0 Å². The summed E-state index contributed by atoms with van der Waals surface area (Å²) in [6, 6.07) is 8.62. The predicted octanol–water partition coefficient (Wildman–Crippen LogP) is 2.83. The van der Waals surface area contributed by atoms with Crippen LogP contribution in [0.15, 0.2) is 24.3 Å². The summed E-state index contributed by atoms with van der Waals surface area (Å²) in [4.78, 5) is 2.42. The van der Waals surface area contributed by atoms with Crippen LogP contribution in [0, 0.1) is 5.92 Å². The number of anilines is 1. The van der Waals surface area contributed by atoms with Crippen molar-refractivity contribution < 1.29 is 8.42 Å². The lowest BCUT2D eigenvalue weighted by atomic mass is 9.96. The van der Waals surface area contributed by atoms with Crippen molar-refractivity contribution in [3.8, 4) is 0 Å². The van der Waals surface area contributed by atoms with Gasteiger partial charge in [0.05, 0.1) is 11.5 Å². The largest absolute Gasteiger partial charge is 0.371 e. The van der Waals surface area contributed by atoms with E-state index in [-0.39, 0.29) is 0 Å². The summed E-state index contributed by atoms with van der Waals surface area (Å²) in [6.07, 6.45) is 3.24. The minimum absolute atomic E-state index is 0.307. The minimum atomic E-state index is -2.77. The second-order valence-corrected chi connectivity index (χ2v) is 8.55. The van der Waals surface area contributed by atoms with Crippen LogP contribution in [0.1, 0.15) is 37.7 Å². The second kappa shape index (κ2) is 5.40. The van der Waals surface area contributed by atoms with E-state index in [4.69, 9.17) is 0 Å². The Hall–Kier alpha value is -1.03. The SMILES string of the molecule is C[C@H]1CCCN(C[C@@H]2CCS(=O)(=O)C2)c2ccccc21. The molecule has 110 valence electrons. The van der Waals surface area contributed by atoms with Gasteiger partial charge >= 0.3 is 0 Å². The minimum Gasteiger partial charge on any atom is -0.371 e. The Morgan fingerprint density at radius 1 is 1.25 bits per heavy atom. The van der Waals surface area contributed by atoms with Gasteiger partial charge in [-0.25, -0.2) is 8.42 Å². The number of para-hydroxylation sites is 1. The third-order valence-corrected chi connectivity index (χ3v) is 6.52. The molecular weight excluding hydrogens is 270 g/mol. The first kappa shape index (κ1) is 13.9. The van der Waals surface area contributed by atoms with Crippen molar-refractivity contribution in [3.05, 3.63) is 29.8 Å². The van der Waals surface area contributed by atoms with E-state index >= 15 is 0 Å². The van der Waals surface area contributed by atoms with Gasteiger partial charge in [-0.3, -0.25) is 0 Å². The lowest BCUT2D eigenvalue weighted by Gasteiger charge is -2.28. The number of hydrogen-bond donors (Lipinski definition) is 0. The molecule has 1 saturated heterocycles. The predicted molar refractivity (Wildman–Crippen MR) is 83.1 cm³/mol. The van der Waals surface area contributed by atoms with Gasteiger partial charge in [-0.05, 0) is 42.7 Å². The first-order valence-corrected chi connectivity index (χ1v) is 9.41. The Morgan fingerprint density at radius 2 is 2.05 bits per heavy atom. The zero-order chi connectivity index (χ0) is 14.2. The van der Waals surface area contributed by atoms with Crippen molar-refractivity contribution in [2.45, 2.75) is 32.1 Å². The zero-order valence-corrected chi connectivity index (χ0v) is 12.9. The van der Waals surface area contributed by atoms with E-state index in [0.29, 0.717) is 23.3 Å². The summed E-state index contributed by atoms with van der Waals surface area (Å²) in [5.41, 5.74) is 2.74. The van der Waals surface area contributed by atoms with Crippen molar-refractivity contribution in [1.29, 1.82) is 0 Å². The zero-order valence-electron chi connectivity index (χ0n) is 12.1. The Balaban J connectivity index is 1.81. The molecule has 0 N–H and O–H groups in total. The molecule has 0 amide bonds. The molecule has 2 atom stereocenters. The normalized spacial score (nSPS) is 28.9. The fourth-order valence-electron chi connectivity index (χ4n) is 3.57. The lowest BCUT2D eigenvalue weighted by Crippen LogP contribution is -2.30. The molecule has 2 aliphatic heterocycles. The number of rotatable bonds is 2. The van der Waals surface area contributed by atoms with Gasteiger partial charge in [-0.15, -0.1) is 0 Å². The second-order valence-electron chi connectivity index (χ2n) is 6.32. The molecule has 1 aromatic rings. The lowest BCUT2D eigenvalue weighted by molar-refractivity contribution is 0.558. The number of sulfone groups is 1. The summed E-state index contributed by atoms with van der Waals surface area (Å²) in [5.74, 6) is 1.66. The quantitative estimate of drug-likeness (QED) is 0.841. The highest BCUT2D eigenvalue weighted by Gasteiger charge is 2.30. The summed E-state index contributed by atoms with van der Waals surface area (Å²) >= 11 is 0. The fraction of sp³-hybridized carbons (Fsp3) is 0.625. The summed E-state index contributed by atoms with van der Waals surface area (Å²) in [5, 5.41) is 0. The Bertz CT molecular complexity index is 582. The highest BCUT2D eigenvalue weighted by molar-refractivity contribution is 7.91. The van der Waals surface area contributed by atoms with Crippen LogP contribution in [0.25, 0.3) is 0 Å². The van der Waals surface area contributed by atoms with E-state index in [1.165, 1.54) is 24.1 Å². The third-order valence-electron chi connectivity index (χ3n) is 4.68. The molecule has 3 nitrogen and oxygen atoms in total. The van der Waals surface area contributed by atoms with E-state index in [1.54, 1.807) is 0 Å². The van der Waals surface area contributed by atoms with Crippen LogP contribution in [0.4, 0.5) is 5.69 Å². The maximum absolute atomic E-state index is 11.6. The van der Waals surface area contributed by atoms with Crippen LogP contribution >= 0.6 is 0 Å². The van der Waals surface area contributed by atoms with E-state index in [1.807, 2.05) is 0 Å². The third kappa shape index (κ3) is 2.85. The molecule has 1 fully saturated rings. The number of hydrogen-bond acceptors (Lipinski definition) is 3. The van der Waals surface area contributed by atoms with E-state index in [0.717, 1.165) is 19.5 Å². The molecule has 20 heavy (non-hydrogen) atoms. The fourth-order valence-corrected chi connectivity index (χ4v) is 5.42. The van der Waals surface area contributed by atoms with Crippen LogP contribution in [0.3, 0.4) is 0 Å². The van der Waals surface area contributed by atoms with Crippen molar-refractivity contribution in [2.24, 2.45) is 5.92 Å². The van der Waals surface area contributed by atoms with Gasteiger partial charge in [0.15, 0.2) is 9.84 Å². The maximum atomic E-state index is 11.6. The van der Waals surface area contributed by atoms with Crippen molar-refractivity contribution in [2.75, 3.05) is 29.5 Å². The monoisotopic (exact) mass is 293 g/mol. The maximum Gasteiger partial charge on any atom is 0.150 e. The van der Waals surface area contributed by atoms with Gasteiger partial charge in [0.1, 0.15) is 0 Å².